The second kappa shape index (κ2) is 21.6. The average molecular weight is 133 g/mol. The van der Waals surface area contributed by atoms with E-state index < -0.39 is 0 Å². The van der Waals surface area contributed by atoms with Crippen LogP contribution >= 0.6 is 0 Å². The minimum atomic E-state index is 0. The quantitative estimate of drug-likeness (QED) is 0.304. The summed E-state index contributed by atoms with van der Waals surface area (Å²) in [5.74, 6) is 0. The van der Waals surface area contributed by atoms with Gasteiger partial charge >= 0.3 is 18.9 Å². The molecule has 0 spiro atoms. The first-order chi connectivity index (χ1) is 0. The molecule has 0 bridgehead atoms. The fraction of sp³-hybridized carbons (Fsp3) is 0. The van der Waals surface area contributed by atoms with Crippen molar-refractivity contribution in [3.63, 3.8) is 0 Å². The first-order valence-corrected chi connectivity index (χ1v) is 0. The zero-order valence-corrected chi connectivity index (χ0v) is 4.94. The third-order valence-corrected chi connectivity index (χ3v) is 0. The van der Waals surface area contributed by atoms with Gasteiger partial charge in [0.1, 0.15) is 0 Å². The van der Waals surface area contributed by atoms with E-state index in [1.807, 2.05) is 0 Å². The number of hydrogen-bond donors (Lipinski definition) is 0. The van der Waals surface area contributed by atoms with Crippen LogP contribution in [0.25, 0.3) is 0 Å². The Morgan fingerprint density at radius 2 is 1.25 bits per heavy atom. The molecule has 0 amide bonds. The Bertz CT molecular complexity index is 11.6. The summed E-state index contributed by atoms with van der Waals surface area (Å²) in [6.45, 7) is 0. The predicted molar refractivity (Wildman–Crippen MR) is 4.73 cm³/mol. The Morgan fingerprint density at radius 1 is 1.25 bits per heavy atom. The van der Waals surface area contributed by atoms with Crippen molar-refractivity contribution in [3.05, 3.63) is 0 Å². The molecule has 0 saturated carbocycles. The van der Waals surface area contributed by atoms with Gasteiger partial charge in [0, 0.05) is 38.5 Å². The van der Waals surface area contributed by atoms with Crippen molar-refractivity contribution >= 4 is 0 Å². The maximum Gasteiger partial charge on any atom is 1.00 e. The largest absolute Gasteiger partial charge is 1.00 e. The Morgan fingerprint density at radius 3 is 1.25 bits per heavy atom. The van der Waals surface area contributed by atoms with E-state index in [1.54, 1.807) is 0 Å². The van der Waals surface area contributed by atoms with Gasteiger partial charge in [-0.1, -0.05) is 0 Å². The second-order valence-electron chi connectivity index (χ2n) is 0. The van der Waals surface area contributed by atoms with Crippen LogP contribution in [-0.4, -0.2) is 5.48 Å². The maximum atomic E-state index is 0. The molecule has 0 atom stereocenters. The summed E-state index contributed by atoms with van der Waals surface area (Å²) >= 11 is 0. The van der Waals surface area contributed by atoms with Gasteiger partial charge in [0.25, 0.3) is 0 Å². The fourth-order valence-corrected chi connectivity index (χ4v) is 0. The molecular formula is H3CoLiOTi. The van der Waals surface area contributed by atoms with Crippen LogP contribution < -0.4 is 18.9 Å². The van der Waals surface area contributed by atoms with E-state index in [4.69, 9.17) is 0 Å². The van der Waals surface area contributed by atoms with Crippen molar-refractivity contribution < 1.29 is 64.3 Å². The van der Waals surface area contributed by atoms with Crippen molar-refractivity contribution in [2.24, 2.45) is 0 Å². The molecule has 0 aromatic heterocycles. The van der Waals surface area contributed by atoms with Gasteiger partial charge in [-0.2, -0.15) is 0 Å². The van der Waals surface area contributed by atoms with Crippen molar-refractivity contribution in [1.82, 2.24) is 0 Å². The molecule has 0 saturated heterocycles. The van der Waals surface area contributed by atoms with Crippen LogP contribution in [0.15, 0.2) is 0 Å². The standard InChI is InChI=1S/Co.Li.H2O.Ti.H/h;;1H2;;/q;+1;;;-1. The van der Waals surface area contributed by atoms with Crippen molar-refractivity contribution in [2.75, 3.05) is 0 Å². The molecule has 4 heteroatoms. The van der Waals surface area contributed by atoms with Crippen molar-refractivity contribution in [1.29, 1.82) is 0 Å². The topological polar surface area (TPSA) is 31.5 Å². The van der Waals surface area contributed by atoms with E-state index in [2.05, 4.69) is 0 Å². The maximum absolute atomic E-state index is 0. The molecule has 1 radical (unpaired) electrons. The molecule has 0 aliphatic rings. The van der Waals surface area contributed by atoms with Gasteiger partial charge in [-0.05, 0) is 0 Å². The zero-order chi connectivity index (χ0) is 0. The van der Waals surface area contributed by atoms with E-state index >= 15 is 0 Å². The molecule has 0 heterocycles. The van der Waals surface area contributed by atoms with Crippen LogP contribution in [0, 0.1) is 0 Å². The molecule has 0 aliphatic heterocycles. The summed E-state index contributed by atoms with van der Waals surface area (Å²) in [7, 11) is 0. The zero-order valence-electron chi connectivity index (χ0n) is 3.33. The summed E-state index contributed by atoms with van der Waals surface area (Å²) < 4.78 is 0. The SMILES string of the molecule is O.[Co].[H-].[Li+].[Ti]. The summed E-state index contributed by atoms with van der Waals surface area (Å²) in [6, 6.07) is 0. The monoisotopic (exact) mass is 133 g/mol. The third kappa shape index (κ3) is 9.22. The van der Waals surface area contributed by atoms with Gasteiger partial charge in [-0.3, -0.25) is 0 Å². The van der Waals surface area contributed by atoms with Gasteiger partial charge in [-0.25, -0.2) is 0 Å². The Hall–Kier alpha value is 1.78. The van der Waals surface area contributed by atoms with Crippen LogP contribution in [0.1, 0.15) is 1.43 Å². The molecular weight excluding hydrogens is 130 g/mol. The van der Waals surface area contributed by atoms with Crippen LogP contribution in [0.3, 0.4) is 0 Å². The molecule has 0 unspecified atom stereocenters. The summed E-state index contributed by atoms with van der Waals surface area (Å²) in [5.41, 5.74) is 0. The van der Waals surface area contributed by atoms with Gasteiger partial charge in [0.15, 0.2) is 0 Å². The van der Waals surface area contributed by atoms with Crippen molar-refractivity contribution in [2.45, 2.75) is 0 Å². The normalized spacial score (nSPS) is 0. The first kappa shape index (κ1) is 41.7. The minimum Gasteiger partial charge on any atom is -1.00 e. The number of hydrogen-bond acceptors (Lipinski definition) is 0. The van der Waals surface area contributed by atoms with Gasteiger partial charge in [0.2, 0.25) is 0 Å². The molecule has 0 rings (SSSR count). The molecule has 0 aromatic rings. The molecule has 4 heavy (non-hydrogen) atoms. The van der Waals surface area contributed by atoms with Crippen LogP contribution in [0.5, 0.6) is 0 Å². The van der Waals surface area contributed by atoms with E-state index in [-0.39, 0.29) is 64.3 Å². The van der Waals surface area contributed by atoms with Crippen LogP contribution in [-0.2, 0) is 38.5 Å². The molecule has 23 valence electrons. The van der Waals surface area contributed by atoms with Gasteiger partial charge < -0.3 is 6.90 Å². The van der Waals surface area contributed by atoms with Gasteiger partial charge in [-0.15, -0.1) is 0 Å². The van der Waals surface area contributed by atoms with Crippen LogP contribution in [0.4, 0.5) is 0 Å². The molecule has 0 fully saturated rings. The molecule has 1 nitrogen and oxygen atoms in total. The molecule has 0 aromatic carbocycles. The van der Waals surface area contributed by atoms with Crippen LogP contribution in [0.2, 0.25) is 0 Å². The fourth-order valence-electron chi connectivity index (χ4n) is 0. The smallest absolute Gasteiger partial charge is 1.00 e. The summed E-state index contributed by atoms with van der Waals surface area (Å²) in [5, 5.41) is 0. The Kier molecular flexibility index (Phi) is 225. The second-order valence-corrected chi connectivity index (χ2v) is 0. The Labute approximate surface area is 64.0 Å². The summed E-state index contributed by atoms with van der Waals surface area (Å²) in [4.78, 5) is 0. The van der Waals surface area contributed by atoms with E-state index in [0.29, 0.717) is 0 Å². The van der Waals surface area contributed by atoms with Gasteiger partial charge in [0.05, 0.1) is 0 Å². The third-order valence-electron chi connectivity index (χ3n) is 0. The van der Waals surface area contributed by atoms with E-state index in [0.717, 1.165) is 0 Å². The predicted octanol–water partition coefficient (Wildman–Crippen LogP) is -3.71. The first-order valence-electron chi connectivity index (χ1n) is 0. The Balaban J connectivity index is 0. The minimum absolute atomic E-state index is 0. The molecule has 0 aliphatic carbocycles. The molecule has 2 N–H and O–H groups in total. The average Bonchev–Trinajstić information content (AvgIpc) is 0. The summed E-state index contributed by atoms with van der Waals surface area (Å²) in [6.07, 6.45) is 0. The van der Waals surface area contributed by atoms with Crippen molar-refractivity contribution in [3.8, 4) is 0 Å². The van der Waals surface area contributed by atoms with E-state index in [1.165, 1.54) is 0 Å². The number of rotatable bonds is 0. The van der Waals surface area contributed by atoms with E-state index in [9.17, 15) is 0 Å².